The standard InChI is InChI=1S/C19H13Cl2NO3/c1-9-6-14-12(8-13(9)21)17(23)15-16(10-4-3-5-11(20)7-10)22(2)19(24)18(15)25-14/h3-8,16H,1-2H3/t16-/m0/s1. The molecule has 0 N–H and O–H groups in total. The van der Waals surface area contributed by atoms with Crippen molar-refractivity contribution in [2.75, 3.05) is 7.05 Å². The van der Waals surface area contributed by atoms with Crippen molar-refractivity contribution in [3.63, 3.8) is 0 Å². The van der Waals surface area contributed by atoms with Crippen LogP contribution < -0.4 is 5.43 Å². The van der Waals surface area contributed by atoms with Gasteiger partial charge in [0.15, 0.2) is 5.43 Å². The fourth-order valence-corrected chi connectivity index (χ4v) is 3.64. The molecule has 0 aliphatic carbocycles. The molecule has 4 rings (SSSR count). The van der Waals surface area contributed by atoms with E-state index in [0.29, 0.717) is 26.6 Å². The van der Waals surface area contributed by atoms with Crippen LogP contribution in [0.1, 0.15) is 33.3 Å². The summed E-state index contributed by atoms with van der Waals surface area (Å²) in [5.41, 5.74) is 1.97. The molecule has 1 aliphatic rings. The van der Waals surface area contributed by atoms with E-state index in [1.807, 2.05) is 13.0 Å². The molecule has 0 saturated heterocycles. The maximum absolute atomic E-state index is 13.1. The molecule has 1 aliphatic heterocycles. The van der Waals surface area contributed by atoms with Crippen molar-refractivity contribution in [2.24, 2.45) is 0 Å². The lowest BCUT2D eigenvalue weighted by atomic mass is 9.98. The van der Waals surface area contributed by atoms with E-state index in [0.717, 1.165) is 11.1 Å². The molecule has 4 nitrogen and oxygen atoms in total. The molecule has 0 radical (unpaired) electrons. The lowest BCUT2D eigenvalue weighted by molar-refractivity contribution is 0.0771. The number of aryl methyl sites for hydroxylation is 1. The van der Waals surface area contributed by atoms with Gasteiger partial charge in [-0.1, -0.05) is 35.3 Å². The first-order valence-corrected chi connectivity index (χ1v) is 8.43. The van der Waals surface area contributed by atoms with Gasteiger partial charge in [-0.05, 0) is 42.3 Å². The highest BCUT2D eigenvalue weighted by Gasteiger charge is 2.40. The van der Waals surface area contributed by atoms with E-state index >= 15 is 0 Å². The van der Waals surface area contributed by atoms with Crippen LogP contribution in [0.15, 0.2) is 45.6 Å². The molecular weight excluding hydrogens is 361 g/mol. The third-order valence-electron chi connectivity index (χ3n) is 4.55. The van der Waals surface area contributed by atoms with Crippen LogP contribution in [-0.4, -0.2) is 17.9 Å². The van der Waals surface area contributed by atoms with Gasteiger partial charge in [-0.3, -0.25) is 9.59 Å². The van der Waals surface area contributed by atoms with Gasteiger partial charge in [-0.25, -0.2) is 0 Å². The molecule has 1 amide bonds. The monoisotopic (exact) mass is 373 g/mol. The van der Waals surface area contributed by atoms with E-state index < -0.39 is 6.04 Å². The van der Waals surface area contributed by atoms with Crippen molar-refractivity contribution < 1.29 is 9.21 Å². The minimum Gasteiger partial charge on any atom is -0.450 e. The second-order valence-corrected chi connectivity index (χ2v) is 6.99. The number of benzene rings is 2. The number of fused-ring (bicyclic) bond motifs is 2. The van der Waals surface area contributed by atoms with Crippen molar-refractivity contribution in [1.29, 1.82) is 0 Å². The zero-order chi connectivity index (χ0) is 17.9. The van der Waals surface area contributed by atoms with Crippen LogP contribution in [0.5, 0.6) is 0 Å². The van der Waals surface area contributed by atoms with Crippen molar-refractivity contribution in [3.8, 4) is 0 Å². The molecule has 25 heavy (non-hydrogen) atoms. The topological polar surface area (TPSA) is 50.5 Å². The summed E-state index contributed by atoms with van der Waals surface area (Å²) in [6.07, 6.45) is 0. The second kappa shape index (κ2) is 5.61. The number of carbonyl (C=O) groups excluding carboxylic acids is 1. The Morgan fingerprint density at radius 2 is 1.88 bits per heavy atom. The molecule has 1 atom stereocenters. The molecule has 126 valence electrons. The number of nitrogens with zero attached hydrogens (tertiary/aromatic N) is 1. The third kappa shape index (κ3) is 2.36. The predicted molar refractivity (Wildman–Crippen MR) is 97.6 cm³/mol. The average Bonchev–Trinajstić information content (AvgIpc) is 2.82. The van der Waals surface area contributed by atoms with Crippen LogP contribution in [0.3, 0.4) is 0 Å². The lowest BCUT2D eigenvalue weighted by Crippen LogP contribution is -2.25. The Labute approximate surface area is 153 Å². The van der Waals surface area contributed by atoms with Crippen LogP contribution in [0.25, 0.3) is 11.0 Å². The van der Waals surface area contributed by atoms with Gasteiger partial charge in [-0.15, -0.1) is 0 Å². The van der Waals surface area contributed by atoms with Gasteiger partial charge in [0.25, 0.3) is 5.91 Å². The van der Waals surface area contributed by atoms with Crippen molar-refractivity contribution in [3.05, 3.63) is 79.1 Å². The second-order valence-electron chi connectivity index (χ2n) is 6.15. The summed E-state index contributed by atoms with van der Waals surface area (Å²) >= 11 is 12.3. The summed E-state index contributed by atoms with van der Waals surface area (Å²) in [6, 6.07) is 9.85. The molecule has 2 heterocycles. The fraction of sp³-hybridized carbons (Fsp3) is 0.158. The van der Waals surface area contributed by atoms with Crippen molar-refractivity contribution in [1.82, 2.24) is 4.90 Å². The SMILES string of the molecule is Cc1cc2oc3c(c(=O)c2cc1Cl)[C@H](c1cccc(Cl)c1)N(C)C3=O. The molecule has 0 unspecified atom stereocenters. The lowest BCUT2D eigenvalue weighted by Gasteiger charge is -2.20. The van der Waals surface area contributed by atoms with Crippen LogP contribution in [-0.2, 0) is 0 Å². The highest BCUT2D eigenvalue weighted by Crippen LogP contribution is 2.38. The Balaban J connectivity index is 2.05. The minimum atomic E-state index is -0.540. The van der Waals surface area contributed by atoms with Crippen LogP contribution in [0.4, 0.5) is 0 Å². The average molecular weight is 374 g/mol. The molecule has 0 bridgehead atoms. The van der Waals surface area contributed by atoms with Crippen LogP contribution >= 0.6 is 23.2 Å². The summed E-state index contributed by atoms with van der Waals surface area (Å²) in [5, 5.41) is 1.39. The smallest absolute Gasteiger partial charge is 0.290 e. The van der Waals surface area contributed by atoms with Gasteiger partial charge in [0, 0.05) is 17.1 Å². The highest BCUT2D eigenvalue weighted by atomic mass is 35.5. The molecule has 3 aromatic rings. The van der Waals surface area contributed by atoms with Crippen molar-refractivity contribution in [2.45, 2.75) is 13.0 Å². The molecule has 6 heteroatoms. The van der Waals surface area contributed by atoms with E-state index in [1.54, 1.807) is 37.4 Å². The maximum Gasteiger partial charge on any atom is 0.290 e. The van der Waals surface area contributed by atoms with Gasteiger partial charge in [0.2, 0.25) is 5.76 Å². The zero-order valence-corrected chi connectivity index (χ0v) is 15.0. The molecule has 0 saturated carbocycles. The van der Waals surface area contributed by atoms with Crippen LogP contribution in [0.2, 0.25) is 10.0 Å². The van der Waals surface area contributed by atoms with Gasteiger partial charge >= 0.3 is 0 Å². The summed E-state index contributed by atoms with van der Waals surface area (Å²) in [6.45, 7) is 1.82. The number of amides is 1. The number of hydrogen-bond donors (Lipinski definition) is 0. The van der Waals surface area contributed by atoms with Gasteiger partial charge in [0.05, 0.1) is 17.0 Å². The number of rotatable bonds is 1. The molecular formula is C19H13Cl2NO3. The summed E-state index contributed by atoms with van der Waals surface area (Å²) in [7, 11) is 1.64. The first kappa shape index (κ1) is 16.2. The number of halogens is 2. The quantitative estimate of drug-likeness (QED) is 0.626. The predicted octanol–water partition coefficient (Wildman–Crippen LogP) is 4.58. The summed E-state index contributed by atoms with van der Waals surface area (Å²) in [5.74, 6) is -0.252. The van der Waals surface area contributed by atoms with E-state index in [2.05, 4.69) is 0 Å². The summed E-state index contributed by atoms with van der Waals surface area (Å²) < 4.78 is 5.80. The number of carbonyl (C=O) groups is 1. The van der Waals surface area contributed by atoms with Crippen LogP contribution in [0, 0.1) is 6.92 Å². The Morgan fingerprint density at radius 1 is 1.12 bits per heavy atom. The molecule has 0 spiro atoms. The van der Waals surface area contributed by atoms with Gasteiger partial charge < -0.3 is 9.32 Å². The first-order valence-electron chi connectivity index (χ1n) is 7.68. The number of hydrogen-bond acceptors (Lipinski definition) is 3. The highest BCUT2D eigenvalue weighted by molar-refractivity contribution is 6.32. The van der Waals surface area contributed by atoms with E-state index in [9.17, 15) is 9.59 Å². The Hall–Kier alpha value is -2.30. The Kier molecular flexibility index (Phi) is 3.63. The largest absolute Gasteiger partial charge is 0.450 e. The summed E-state index contributed by atoms with van der Waals surface area (Å²) in [4.78, 5) is 27.3. The Bertz CT molecular complexity index is 1100. The van der Waals surface area contributed by atoms with E-state index in [4.69, 9.17) is 27.6 Å². The normalized spacial score (nSPS) is 16.6. The van der Waals surface area contributed by atoms with Gasteiger partial charge in [-0.2, -0.15) is 0 Å². The van der Waals surface area contributed by atoms with E-state index in [-0.39, 0.29) is 17.1 Å². The van der Waals surface area contributed by atoms with Crippen molar-refractivity contribution >= 4 is 40.1 Å². The maximum atomic E-state index is 13.1. The first-order chi connectivity index (χ1) is 11.9. The minimum absolute atomic E-state index is 0.0756. The van der Waals surface area contributed by atoms with Gasteiger partial charge in [0.1, 0.15) is 5.58 Å². The Morgan fingerprint density at radius 3 is 2.60 bits per heavy atom. The fourth-order valence-electron chi connectivity index (χ4n) is 3.28. The third-order valence-corrected chi connectivity index (χ3v) is 5.19. The molecule has 2 aromatic carbocycles. The molecule has 0 fully saturated rings. The zero-order valence-electron chi connectivity index (χ0n) is 13.5. The molecule has 1 aromatic heterocycles. The van der Waals surface area contributed by atoms with E-state index in [1.165, 1.54) is 4.90 Å².